The van der Waals surface area contributed by atoms with Crippen molar-refractivity contribution in [2.75, 3.05) is 13.2 Å². The van der Waals surface area contributed by atoms with Gasteiger partial charge in [0.05, 0.1) is 26.0 Å². The summed E-state index contributed by atoms with van der Waals surface area (Å²) in [7, 11) is 0. The van der Waals surface area contributed by atoms with Crippen LogP contribution in [-0.2, 0) is 14.3 Å². The Balaban J connectivity index is 2.13. The van der Waals surface area contributed by atoms with Crippen LogP contribution in [-0.4, -0.2) is 47.0 Å². The quantitative estimate of drug-likeness (QED) is 0.437. The molecule has 0 fully saturated rings. The number of carbonyl (C=O) groups excluding carboxylic acids is 3. The molecule has 0 heterocycles. The first-order valence-electron chi connectivity index (χ1n) is 9.88. The van der Waals surface area contributed by atoms with E-state index < -0.39 is 29.2 Å². The molecule has 8 nitrogen and oxygen atoms in total. The van der Waals surface area contributed by atoms with Crippen molar-refractivity contribution in [3.63, 3.8) is 0 Å². The largest absolute Gasteiger partial charge is 0.481 e. The predicted octanol–water partition coefficient (Wildman–Crippen LogP) is 3.56. The van der Waals surface area contributed by atoms with Gasteiger partial charge in [-0.05, 0) is 36.4 Å². The third-order valence-corrected chi connectivity index (χ3v) is 4.61. The fraction of sp³-hybridized carbons (Fsp3) is 0.304. The second-order valence-corrected chi connectivity index (χ2v) is 8.36. The standard InChI is InChI=1S/C23H25ClN2O6/c1-23(2,15-32-20(29)13-12-19(27)28)14-26(22(31)17-6-4-3-5-7-17)25-21(30)16-8-10-18(24)11-9-16/h3-11H,12-15H2,1-2H3,(H,25,30)(H,27,28). The number of halogens is 1. The van der Waals surface area contributed by atoms with Crippen molar-refractivity contribution in [1.82, 2.24) is 10.4 Å². The van der Waals surface area contributed by atoms with E-state index in [1.807, 2.05) is 0 Å². The minimum Gasteiger partial charge on any atom is -0.481 e. The molecule has 0 saturated heterocycles. The number of carboxylic acids is 1. The molecule has 0 unspecified atom stereocenters. The monoisotopic (exact) mass is 460 g/mol. The van der Waals surface area contributed by atoms with Crippen molar-refractivity contribution in [3.8, 4) is 0 Å². The zero-order chi connectivity index (χ0) is 23.7. The fourth-order valence-electron chi connectivity index (χ4n) is 2.72. The third-order valence-electron chi connectivity index (χ3n) is 4.36. The summed E-state index contributed by atoms with van der Waals surface area (Å²) >= 11 is 5.87. The summed E-state index contributed by atoms with van der Waals surface area (Å²) in [5, 5.41) is 10.3. The van der Waals surface area contributed by atoms with Crippen LogP contribution in [0, 0.1) is 5.41 Å². The summed E-state index contributed by atoms with van der Waals surface area (Å²) < 4.78 is 5.18. The Hall–Kier alpha value is -3.39. The van der Waals surface area contributed by atoms with Crippen LogP contribution in [0.25, 0.3) is 0 Å². The van der Waals surface area contributed by atoms with Crippen LogP contribution in [0.15, 0.2) is 54.6 Å². The molecule has 9 heteroatoms. The Bertz CT molecular complexity index is 960. The molecule has 2 N–H and O–H groups in total. The van der Waals surface area contributed by atoms with Crippen LogP contribution >= 0.6 is 11.6 Å². The van der Waals surface area contributed by atoms with Crippen molar-refractivity contribution >= 4 is 35.4 Å². The normalized spacial score (nSPS) is 10.8. The number of carbonyl (C=O) groups is 4. The van der Waals surface area contributed by atoms with Gasteiger partial charge < -0.3 is 9.84 Å². The van der Waals surface area contributed by atoms with Gasteiger partial charge in [0, 0.05) is 21.6 Å². The fourth-order valence-corrected chi connectivity index (χ4v) is 2.84. The van der Waals surface area contributed by atoms with Gasteiger partial charge in [-0.2, -0.15) is 0 Å². The van der Waals surface area contributed by atoms with Crippen LogP contribution < -0.4 is 5.43 Å². The Morgan fingerprint density at radius 2 is 1.59 bits per heavy atom. The smallest absolute Gasteiger partial charge is 0.306 e. The number of hydrogen-bond donors (Lipinski definition) is 2. The van der Waals surface area contributed by atoms with Crippen molar-refractivity contribution in [2.45, 2.75) is 26.7 Å². The summed E-state index contributed by atoms with van der Waals surface area (Å²) in [6.07, 6.45) is -0.569. The number of esters is 1. The molecule has 0 aromatic heterocycles. The van der Waals surface area contributed by atoms with E-state index in [1.165, 1.54) is 17.1 Å². The lowest BCUT2D eigenvalue weighted by Gasteiger charge is -2.32. The molecule has 0 spiro atoms. The molecule has 0 aliphatic heterocycles. The van der Waals surface area contributed by atoms with Gasteiger partial charge >= 0.3 is 11.9 Å². The van der Waals surface area contributed by atoms with E-state index in [0.717, 1.165) is 0 Å². The van der Waals surface area contributed by atoms with E-state index in [1.54, 1.807) is 56.3 Å². The Labute approximate surface area is 191 Å². The van der Waals surface area contributed by atoms with Gasteiger partial charge in [0.25, 0.3) is 11.8 Å². The lowest BCUT2D eigenvalue weighted by molar-refractivity contribution is -0.150. The Morgan fingerprint density at radius 3 is 2.19 bits per heavy atom. The van der Waals surface area contributed by atoms with Gasteiger partial charge in [0.1, 0.15) is 0 Å². The lowest BCUT2D eigenvalue weighted by Crippen LogP contribution is -2.51. The van der Waals surface area contributed by atoms with Gasteiger partial charge in [-0.15, -0.1) is 0 Å². The van der Waals surface area contributed by atoms with E-state index in [4.69, 9.17) is 21.4 Å². The van der Waals surface area contributed by atoms with Crippen molar-refractivity contribution in [1.29, 1.82) is 0 Å². The highest BCUT2D eigenvalue weighted by Crippen LogP contribution is 2.19. The number of amides is 2. The molecule has 0 atom stereocenters. The molecule has 2 aromatic carbocycles. The first kappa shape index (κ1) is 24.9. The molecule has 170 valence electrons. The summed E-state index contributed by atoms with van der Waals surface area (Å²) in [6, 6.07) is 14.7. The highest BCUT2D eigenvalue weighted by molar-refractivity contribution is 6.30. The highest BCUT2D eigenvalue weighted by atomic mass is 35.5. The average Bonchev–Trinajstić information content (AvgIpc) is 2.76. The number of rotatable bonds is 9. The molecular formula is C23H25ClN2O6. The summed E-state index contributed by atoms with van der Waals surface area (Å²) in [6.45, 7) is 3.49. The molecule has 0 aliphatic rings. The molecule has 32 heavy (non-hydrogen) atoms. The van der Waals surface area contributed by atoms with E-state index in [9.17, 15) is 19.2 Å². The maximum atomic E-state index is 13.1. The van der Waals surface area contributed by atoms with E-state index >= 15 is 0 Å². The second kappa shape index (κ2) is 11.3. The maximum Gasteiger partial charge on any atom is 0.306 e. The van der Waals surface area contributed by atoms with Gasteiger partial charge in [-0.3, -0.25) is 24.6 Å². The van der Waals surface area contributed by atoms with Crippen LogP contribution in [0.2, 0.25) is 5.02 Å². The topological polar surface area (TPSA) is 113 Å². The zero-order valence-electron chi connectivity index (χ0n) is 17.8. The summed E-state index contributed by atoms with van der Waals surface area (Å²) in [5.41, 5.74) is 2.57. The first-order chi connectivity index (χ1) is 15.1. The molecule has 0 bridgehead atoms. The minimum atomic E-state index is -1.09. The Kier molecular flexibility index (Phi) is 8.78. The number of benzene rings is 2. The Morgan fingerprint density at radius 1 is 0.969 bits per heavy atom. The first-order valence-corrected chi connectivity index (χ1v) is 10.3. The van der Waals surface area contributed by atoms with Gasteiger partial charge in [0.2, 0.25) is 0 Å². The lowest BCUT2D eigenvalue weighted by atomic mass is 9.94. The maximum absolute atomic E-state index is 13.1. The van der Waals surface area contributed by atoms with E-state index in [0.29, 0.717) is 16.1 Å². The van der Waals surface area contributed by atoms with Gasteiger partial charge in [-0.1, -0.05) is 43.6 Å². The van der Waals surface area contributed by atoms with Crippen molar-refractivity contribution < 1.29 is 29.0 Å². The zero-order valence-corrected chi connectivity index (χ0v) is 18.6. The number of carboxylic acid groups (broad SMARTS) is 1. The number of hydrogen-bond acceptors (Lipinski definition) is 5. The third kappa shape index (κ3) is 8.03. The summed E-state index contributed by atoms with van der Waals surface area (Å²) in [4.78, 5) is 48.2. The number of hydrazine groups is 1. The van der Waals surface area contributed by atoms with Gasteiger partial charge in [-0.25, -0.2) is 5.01 Å². The SMILES string of the molecule is CC(C)(COC(=O)CCC(=O)O)CN(NC(=O)c1ccc(Cl)cc1)C(=O)c1ccccc1. The molecule has 2 amide bonds. The number of nitrogens with zero attached hydrogens (tertiary/aromatic N) is 1. The van der Waals surface area contributed by atoms with Crippen LogP contribution in [0.5, 0.6) is 0 Å². The van der Waals surface area contributed by atoms with Crippen molar-refractivity contribution in [2.24, 2.45) is 5.41 Å². The highest BCUT2D eigenvalue weighted by Gasteiger charge is 2.29. The number of aliphatic carboxylic acids is 1. The number of nitrogens with one attached hydrogen (secondary N) is 1. The van der Waals surface area contributed by atoms with Crippen molar-refractivity contribution in [3.05, 3.63) is 70.7 Å². The predicted molar refractivity (Wildman–Crippen MR) is 118 cm³/mol. The molecule has 0 radical (unpaired) electrons. The molecule has 2 rings (SSSR count). The molecule has 2 aromatic rings. The molecule has 0 aliphatic carbocycles. The van der Waals surface area contributed by atoms with Crippen LogP contribution in [0.4, 0.5) is 0 Å². The second-order valence-electron chi connectivity index (χ2n) is 7.92. The van der Waals surface area contributed by atoms with E-state index in [2.05, 4.69) is 5.43 Å². The minimum absolute atomic E-state index is 0.0340. The van der Waals surface area contributed by atoms with Crippen LogP contribution in [0.1, 0.15) is 47.4 Å². The van der Waals surface area contributed by atoms with Gasteiger partial charge in [0.15, 0.2) is 0 Å². The van der Waals surface area contributed by atoms with Crippen LogP contribution in [0.3, 0.4) is 0 Å². The summed E-state index contributed by atoms with van der Waals surface area (Å²) in [5.74, 6) is -2.67. The average molecular weight is 461 g/mol. The molecular weight excluding hydrogens is 436 g/mol. The molecule has 0 saturated carbocycles. The number of ether oxygens (including phenoxy) is 1. The van der Waals surface area contributed by atoms with E-state index in [-0.39, 0.29) is 26.0 Å².